The number of benzene rings is 2. The first-order valence-corrected chi connectivity index (χ1v) is 6.70. The van der Waals surface area contributed by atoms with Gasteiger partial charge in [0.05, 0.1) is 5.56 Å². The number of allylic oxidation sites excluding steroid dienone is 1. The van der Waals surface area contributed by atoms with Gasteiger partial charge < -0.3 is 9.84 Å². The van der Waals surface area contributed by atoms with E-state index in [1.807, 2.05) is 0 Å². The molecule has 5 nitrogen and oxygen atoms in total. The number of ether oxygens (including phenoxy) is 1. The molecule has 0 saturated heterocycles. The first-order chi connectivity index (χ1) is 11.1. The Morgan fingerprint density at radius 1 is 1.09 bits per heavy atom. The second-order valence-electron chi connectivity index (χ2n) is 4.61. The topological polar surface area (TPSA) is 94.1 Å². The maximum absolute atomic E-state index is 10.8. The molecule has 0 atom stereocenters. The summed E-state index contributed by atoms with van der Waals surface area (Å²) >= 11 is 0. The predicted octanol–water partition coefficient (Wildman–Crippen LogP) is 3.39. The molecule has 0 aromatic heterocycles. The van der Waals surface area contributed by atoms with Crippen LogP contribution in [-0.2, 0) is 6.61 Å². The van der Waals surface area contributed by atoms with Gasteiger partial charge in [0.15, 0.2) is 0 Å². The van der Waals surface area contributed by atoms with E-state index in [9.17, 15) is 4.79 Å². The molecule has 2 rings (SSSR count). The number of carboxylic acid groups (broad SMARTS) is 1. The van der Waals surface area contributed by atoms with Gasteiger partial charge in [0.2, 0.25) is 0 Å². The maximum Gasteiger partial charge on any atom is 0.335 e. The molecule has 2 aromatic rings. The Hall–Kier alpha value is -3.57. The zero-order chi connectivity index (χ0) is 16.7. The van der Waals surface area contributed by atoms with Crippen molar-refractivity contribution < 1.29 is 14.6 Å². The summed E-state index contributed by atoms with van der Waals surface area (Å²) < 4.78 is 5.70. The van der Waals surface area contributed by atoms with Crippen LogP contribution in [0.4, 0.5) is 0 Å². The van der Waals surface area contributed by atoms with Gasteiger partial charge in [-0.25, -0.2) is 4.79 Å². The lowest BCUT2D eigenvalue weighted by molar-refractivity contribution is 0.0697. The number of carbonyl (C=O) groups is 1. The smallest absolute Gasteiger partial charge is 0.335 e. The van der Waals surface area contributed by atoms with Crippen LogP contribution in [0, 0.1) is 22.7 Å². The molecule has 0 bridgehead atoms. The van der Waals surface area contributed by atoms with Crippen LogP contribution < -0.4 is 4.74 Å². The molecule has 0 amide bonds. The van der Waals surface area contributed by atoms with E-state index in [0.29, 0.717) is 11.3 Å². The predicted molar refractivity (Wildman–Crippen MR) is 83.4 cm³/mol. The third kappa shape index (κ3) is 4.20. The molecule has 0 aliphatic rings. The molecule has 2 aromatic carbocycles. The fraction of sp³-hybridized carbons (Fsp3) is 0.0556. The van der Waals surface area contributed by atoms with Crippen molar-refractivity contribution in [2.45, 2.75) is 6.61 Å². The van der Waals surface area contributed by atoms with Gasteiger partial charge >= 0.3 is 5.97 Å². The van der Waals surface area contributed by atoms with Gasteiger partial charge in [-0.05, 0) is 29.8 Å². The summed E-state index contributed by atoms with van der Waals surface area (Å²) in [5.74, 6) is -0.439. The SMILES string of the molecule is N#CC(C#N)=Cc1ccccc1OCc1ccc(C(=O)O)cc1. The first kappa shape index (κ1) is 15.8. The molecule has 0 aliphatic heterocycles. The zero-order valence-electron chi connectivity index (χ0n) is 12.1. The first-order valence-electron chi connectivity index (χ1n) is 6.70. The van der Waals surface area contributed by atoms with Crippen molar-refractivity contribution in [3.05, 3.63) is 70.8 Å². The third-order valence-electron chi connectivity index (χ3n) is 3.05. The van der Waals surface area contributed by atoms with Crippen molar-refractivity contribution >= 4 is 12.0 Å². The van der Waals surface area contributed by atoms with Crippen molar-refractivity contribution in [2.75, 3.05) is 0 Å². The molecule has 0 aliphatic carbocycles. The molecule has 112 valence electrons. The van der Waals surface area contributed by atoms with Crippen LogP contribution in [0.5, 0.6) is 5.75 Å². The fourth-order valence-electron chi connectivity index (χ4n) is 1.88. The minimum atomic E-state index is -0.978. The van der Waals surface area contributed by atoms with Crippen LogP contribution in [0.1, 0.15) is 21.5 Å². The van der Waals surface area contributed by atoms with Crippen LogP contribution in [0.3, 0.4) is 0 Å². The number of nitrogens with zero attached hydrogens (tertiary/aromatic N) is 2. The van der Waals surface area contributed by atoms with Crippen molar-refractivity contribution in [1.82, 2.24) is 0 Å². The number of para-hydroxylation sites is 1. The number of aromatic carboxylic acids is 1. The number of hydrogen-bond donors (Lipinski definition) is 1. The molecule has 5 heteroatoms. The monoisotopic (exact) mass is 304 g/mol. The summed E-state index contributed by atoms with van der Waals surface area (Å²) in [6.07, 6.45) is 1.46. The zero-order valence-corrected chi connectivity index (χ0v) is 12.1. The van der Waals surface area contributed by atoms with Crippen LogP contribution >= 0.6 is 0 Å². The van der Waals surface area contributed by atoms with Gasteiger partial charge in [-0.15, -0.1) is 0 Å². The summed E-state index contributed by atoms with van der Waals surface area (Å²) in [5.41, 5.74) is 1.65. The second kappa shape index (κ2) is 7.44. The number of rotatable bonds is 5. The average Bonchev–Trinajstić information content (AvgIpc) is 2.59. The van der Waals surface area contributed by atoms with E-state index in [0.717, 1.165) is 5.56 Å². The van der Waals surface area contributed by atoms with E-state index in [1.54, 1.807) is 48.5 Å². The lowest BCUT2D eigenvalue weighted by atomic mass is 10.1. The Bertz CT molecular complexity index is 809. The highest BCUT2D eigenvalue weighted by molar-refractivity contribution is 5.87. The molecule has 0 saturated carbocycles. The van der Waals surface area contributed by atoms with E-state index >= 15 is 0 Å². The molecule has 0 fully saturated rings. The van der Waals surface area contributed by atoms with Gasteiger partial charge in [0.1, 0.15) is 30.1 Å². The minimum Gasteiger partial charge on any atom is -0.488 e. The molecule has 23 heavy (non-hydrogen) atoms. The molecule has 0 heterocycles. The number of carboxylic acids is 1. The molecule has 0 unspecified atom stereocenters. The Morgan fingerprint density at radius 2 is 1.74 bits per heavy atom. The summed E-state index contributed by atoms with van der Waals surface area (Å²) in [6, 6.07) is 17.1. The van der Waals surface area contributed by atoms with Crippen molar-refractivity contribution in [3.63, 3.8) is 0 Å². The van der Waals surface area contributed by atoms with Gasteiger partial charge in [0.25, 0.3) is 0 Å². The average molecular weight is 304 g/mol. The van der Waals surface area contributed by atoms with Gasteiger partial charge in [-0.3, -0.25) is 0 Å². The van der Waals surface area contributed by atoms with E-state index < -0.39 is 5.97 Å². The molecule has 0 spiro atoms. The van der Waals surface area contributed by atoms with Crippen LogP contribution in [0.15, 0.2) is 54.1 Å². The van der Waals surface area contributed by atoms with Crippen LogP contribution in [-0.4, -0.2) is 11.1 Å². The summed E-state index contributed by atoms with van der Waals surface area (Å²) in [7, 11) is 0. The Morgan fingerprint density at radius 3 is 2.35 bits per heavy atom. The largest absolute Gasteiger partial charge is 0.488 e. The van der Waals surface area contributed by atoms with Gasteiger partial charge in [-0.1, -0.05) is 30.3 Å². The Kier molecular flexibility index (Phi) is 5.12. The van der Waals surface area contributed by atoms with E-state index in [4.69, 9.17) is 20.4 Å². The molecular weight excluding hydrogens is 292 g/mol. The van der Waals surface area contributed by atoms with Crippen LogP contribution in [0.2, 0.25) is 0 Å². The van der Waals surface area contributed by atoms with Crippen molar-refractivity contribution in [3.8, 4) is 17.9 Å². The molecular formula is C18H12N2O3. The van der Waals surface area contributed by atoms with Gasteiger partial charge in [0, 0.05) is 5.56 Å². The molecule has 0 radical (unpaired) electrons. The summed E-state index contributed by atoms with van der Waals surface area (Å²) in [4.78, 5) is 10.8. The normalized spacial score (nSPS) is 9.30. The van der Waals surface area contributed by atoms with Gasteiger partial charge in [-0.2, -0.15) is 10.5 Å². The Labute approximate surface area is 133 Å². The number of hydrogen-bond acceptors (Lipinski definition) is 4. The third-order valence-corrected chi connectivity index (χ3v) is 3.05. The standard InChI is InChI=1S/C18H12N2O3/c19-10-14(11-20)9-16-3-1-2-4-17(16)23-12-13-5-7-15(8-6-13)18(21)22/h1-9H,12H2,(H,21,22). The minimum absolute atomic E-state index is 0.00754. The maximum atomic E-state index is 10.8. The summed E-state index contributed by atoms with van der Waals surface area (Å²) in [6.45, 7) is 0.249. The fourth-order valence-corrected chi connectivity index (χ4v) is 1.88. The van der Waals surface area contributed by atoms with E-state index in [-0.39, 0.29) is 17.7 Å². The number of nitriles is 2. The van der Waals surface area contributed by atoms with Crippen molar-refractivity contribution in [1.29, 1.82) is 10.5 Å². The lowest BCUT2D eigenvalue weighted by Gasteiger charge is -2.09. The highest BCUT2D eigenvalue weighted by atomic mass is 16.5. The summed E-state index contributed by atoms with van der Waals surface area (Å²) in [5, 5.41) is 26.5. The quantitative estimate of drug-likeness (QED) is 0.854. The van der Waals surface area contributed by atoms with E-state index in [1.165, 1.54) is 18.2 Å². The van der Waals surface area contributed by atoms with Crippen molar-refractivity contribution in [2.24, 2.45) is 0 Å². The lowest BCUT2D eigenvalue weighted by Crippen LogP contribution is -1.99. The van der Waals surface area contributed by atoms with Crippen LogP contribution in [0.25, 0.3) is 6.08 Å². The molecule has 1 N–H and O–H groups in total. The van der Waals surface area contributed by atoms with E-state index in [2.05, 4.69) is 0 Å². The Balaban J connectivity index is 2.15. The second-order valence-corrected chi connectivity index (χ2v) is 4.61. The highest BCUT2D eigenvalue weighted by Crippen LogP contribution is 2.22. The highest BCUT2D eigenvalue weighted by Gasteiger charge is 2.05.